The SMILES string of the molecule is Cc1sc2ncnc(Nc3cccc([N+](=O)[O-])c3)c2c1-c1ccc(Cl)cc1. The summed E-state index contributed by atoms with van der Waals surface area (Å²) < 4.78 is 0. The van der Waals surface area contributed by atoms with Crippen LogP contribution in [-0.2, 0) is 0 Å². The molecule has 0 aliphatic heterocycles. The summed E-state index contributed by atoms with van der Waals surface area (Å²) in [6.45, 7) is 2.04. The highest BCUT2D eigenvalue weighted by atomic mass is 35.5. The molecule has 134 valence electrons. The highest BCUT2D eigenvalue weighted by molar-refractivity contribution is 7.19. The van der Waals surface area contributed by atoms with Crippen LogP contribution in [0.1, 0.15) is 4.88 Å². The van der Waals surface area contributed by atoms with Gasteiger partial charge in [0.15, 0.2) is 0 Å². The van der Waals surface area contributed by atoms with E-state index in [-0.39, 0.29) is 5.69 Å². The molecule has 0 fully saturated rings. The van der Waals surface area contributed by atoms with Crippen LogP contribution in [0.4, 0.5) is 17.2 Å². The molecule has 0 atom stereocenters. The van der Waals surface area contributed by atoms with E-state index in [9.17, 15) is 10.1 Å². The zero-order valence-corrected chi connectivity index (χ0v) is 15.7. The summed E-state index contributed by atoms with van der Waals surface area (Å²) in [5.41, 5.74) is 2.65. The lowest BCUT2D eigenvalue weighted by Crippen LogP contribution is -1.97. The summed E-state index contributed by atoms with van der Waals surface area (Å²) in [6, 6.07) is 13.9. The number of aromatic nitrogens is 2. The van der Waals surface area contributed by atoms with Crippen LogP contribution in [0.5, 0.6) is 0 Å². The molecule has 0 saturated carbocycles. The molecule has 2 aromatic carbocycles. The van der Waals surface area contributed by atoms with Crippen LogP contribution in [-0.4, -0.2) is 14.9 Å². The Bertz CT molecular complexity index is 1160. The summed E-state index contributed by atoms with van der Waals surface area (Å²) >= 11 is 7.60. The van der Waals surface area contributed by atoms with Gasteiger partial charge in [-0.2, -0.15) is 0 Å². The molecule has 27 heavy (non-hydrogen) atoms. The van der Waals surface area contributed by atoms with Crippen LogP contribution >= 0.6 is 22.9 Å². The fourth-order valence-electron chi connectivity index (χ4n) is 2.94. The first kappa shape index (κ1) is 17.4. The zero-order chi connectivity index (χ0) is 19.0. The number of nitro groups is 1. The molecule has 4 aromatic rings. The maximum absolute atomic E-state index is 11.0. The average Bonchev–Trinajstić information content (AvgIpc) is 2.99. The summed E-state index contributed by atoms with van der Waals surface area (Å²) in [7, 11) is 0. The maximum atomic E-state index is 11.0. The lowest BCUT2D eigenvalue weighted by atomic mass is 10.0. The van der Waals surface area contributed by atoms with E-state index in [0.717, 1.165) is 26.2 Å². The molecule has 0 aliphatic carbocycles. The largest absolute Gasteiger partial charge is 0.339 e. The minimum Gasteiger partial charge on any atom is -0.339 e. The Morgan fingerprint density at radius 2 is 1.93 bits per heavy atom. The molecule has 2 aromatic heterocycles. The molecule has 2 heterocycles. The summed E-state index contributed by atoms with van der Waals surface area (Å²) in [5, 5.41) is 15.8. The van der Waals surface area contributed by atoms with Crippen molar-refractivity contribution >= 4 is 50.3 Å². The molecule has 0 radical (unpaired) electrons. The predicted molar refractivity (Wildman–Crippen MR) is 109 cm³/mol. The Balaban J connectivity index is 1.85. The Hall–Kier alpha value is -3.03. The number of nitrogens with one attached hydrogen (secondary N) is 1. The van der Waals surface area contributed by atoms with Crippen LogP contribution in [0.3, 0.4) is 0 Å². The first-order valence-corrected chi connectivity index (χ1v) is 9.24. The van der Waals surface area contributed by atoms with E-state index in [1.54, 1.807) is 23.5 Å². The average molecular weight is 397 g/mol. The molecule has 6 nitrogen and oxygen atoms in total. The van der Waals surface area contributed by atoms with Gasteiger partial charge >= 0.3 is 0 Å². The summed E-state index contributed by atoms with van der Waals surface area (Å²) in [4.78, 5) is 21.3. The Kier molecular flexibility index (Phi) is 4.47. The second-order valence-corrected chi connectivity index (χ2v) is 7.51. The molecule has 8 heteroatoms. The highest BCUT2D eigenvalue weighted by Gasteiger charge is 2.17. The third-order valence-corrected chi connectivity index (χ3v) is 5.38. The second-order valence-electron chi connectivity index (χ2n) is 5.88. The van der Waals surface area contributed by atoms with Gasteiger partial charge in [0.25, 0.3) is 5.69 Å². The van der Waals surface area contributed by atoms with Crippen molar-refractivity contribution in [2.24, 2.45) is 0 Å². The fraction of sp³-hybridized carbons (Fsp3) is 0.0526. The number of hydrogen-bond acceptors (Lipinski definition) is 6. The standard InChI is InChI=1S/C19H13ClN4O2S/c1-11-16(12-5-7-13(20)8-6-12)17-18(21-10-22-19(17)27-11)23-14-3-2-4-15(9-14)24(25)26/h2-10H,1H3,(H,21,22,23). The van der Waals surface area contributed by atoms with Crippen LogP contribution < -0.4 is 5.32 Å². The number of rotatable bonds is 4. The van der Waals surface area contributed by atoms with E-state index in [0.29, 0.717) is 16.5 Å². The second kappa shape index (κ2) is 6.94. The van der Waals surface area contributed by atoms with E-state index in [1.165, 1.54) is 18.5 Å². The Morgan fingerprint density at radius 1 is 1.15 bits per heavy atom. The van der Waals surface area contributed by atoms with Crippen molar-refractivity contribution in [1.82, 2.24) is 9.97 Å². The Labute approximate surface area is 163 Å². The normalized spacial score (nSPS) is 10.9. The molecule has 0 amide bonds. The van der Waals surface area contributed by atoms with Crippen molar-refractivity contribution in [3.63, 3.8) is 0 Å². The quantitative estimate of drug-likeness (QED) is 0.339. The number of non-ortho nitro benzene ring substituents is 1. The minimum atomic E-state index is -0.422. The lowest BCUT2D eigenvalue weighted by molar-refractivity contribution is -0.384. The number of anilines is 2. The lowest BCUT2D eigenvalue weighted by Gasteiger charge is -2.09. The number of nitrogens with zero attached hydrogens (tertiary/aromatic N) is 3. The van der Waals surface area contributed by atoms with Gasteiger partial charge < -0.3 is 5.32 Å². The third-order valence-electron chi connectivity index (χ3n) is 4.12. The number of thiophene rings is 1. The first-order chi connectivity index (χ1) is 13.0. The van der Waals surface area contributed by atoms with Gasteiger partial charge in [0.1, 0.15) is 17.0 Å². The highest BCUT2D eigenvalue weighted by Crippen LogP contribution is 2.41. The van der Waals surface area contributed by atoms with Gasteiger partial charge in [-0.3, -0.25) is 10.1 Å². The van der Waals surface area contributed by atoms with E-state index in [2.05, 4.69) is 15.3 Å². The van der Waals surface area contributed by atoms with Crippen molar-refractivity contribution in [1.29, 1.82) is 0 Å². The first-order valence-electron chi connectivity index (χ1n) is 8.04. The number of halogens is 1. The van der Waals surface area contributed by atoms with Gasteiger partial charge in [0.05, 0.1) is 10.3 Å². The zero-order valence-electron chi connectivity index (χ0n) is 14.1. The summed E-state index contributed by atoms with van der Waals surface area (Å²) in [5.74, 6) is 0.606. The van der Waals surface area contributed by atoms with E-state index in [4.69, 9.17) is 11.6 Å². The van der Waals surface area contributed by atoms with E-state index >= 15 is 0 Å². The van der Waals surface area contributed by atoms with Gasteiger partial charge in [-0.1, -0.05) is 29.8 Å². The Morgan fingerprint density at radius 3 is 2.67 bits per heavy atom. The number of benzene rings is 2. The van der Waals surface area contributed by atoms with E-state index < -0.39 is 4.92 Å². The fourth-order valence-corrected chi connectivity index (χ4v) is 4.08. The van der Waals surface area contributed by atoms with Crippen LogP contribution in [0.15, 0.2) is 54.9 Å². The van der Waals surface area contributed by atoms with Crippen molar-refractivity contribution in [2.45, 2.75) is 6.92 Å². The van der Waals surface area contributed by atoms with Crippen molar-refractivity contribution in [3.8, 4) is 11.1 Å². The number of aryl methyl sites for hydroxylation is 1. The maximum Gasteiger partial charge on any atom is 0.271 e. The molecular formula is C19H13ClN4O2S. The van der Waals surface area contributed by atoms with Crippen molar-refractivity contribution in [3.05, 3.63) is 74.9 Å². The molecule has 4 rings (SSSR count). The van der Waals surface area contributed by atoms with Gasteiger partial charge in [0.2, 0.25) is 0 Å². The molecule has 0 saturated heterocycles. The van der Waals surface area contributed by atoms with Crippen LogP contribution in [0.25, 0.3) is 21.3 Å². The minimum absolute atomic E-state index is 0.0183. The smallest absolute Gasteiger partial charge is 0.271 e. The van der Waals surface area contributed by atoms with Crippen LogP contribution in [0.2, 0.25) is 5.02 Å². The molecule has 0 spiro atoms. The molecule has 0 unspecified atom stereocenters. The van der Waals surface area contributed by atoms with Crippen molar-refractivity contribution in [2.75, 3.05) is 5.32 Å². The van der Waals surface area contributed by atoms with Gasteiger partial charge in [-0.05, 0) is 30.7 Å². The number of fused-ring (bicyclic) bond motifs is 1. The van der Waals surface area contributed by atoms with E-state index in [1.807, 2.05) is 31.2 Å². The summed E-state index contributed by atoms with van der Waals surface area (Å²) in [6.07, 6.45) is 1.49. The van der Waals surface area contributed by atoms with Gasteiger partial charge in [-0.25, -0.2) is 9.97 Å². The third kappa shape index (κ3) is 3.34. The van der Waals surface area contributed by atoms with Crippen molar-refractivity contribution < 1.29 is 4.92 Å². The monoisotopic (exact) mass is 396 g/mol. The molecule has 0 aliphatic rings. The molecule has 0 bridgehead atoms. The number of hydrogen-bond donors (Lipinski definition) is 1. The molecule has 1 N–H and O–H groups in total. The van der Waals surface area contributed by atoms with Crippen LogP contribution in [0, 0.1) is 17.0 Å². The topological polar surface area (TPSA) is 81.0 Å². The predicted octanol–water partition coefficient (Wildman–Crippen LogP) is 5.97. The molecular weight excluding hydrogens is 384 g/mol. The van der Waals surface area contributed by atoms with Gasteiger partial charge in [-0.15, -0.1) is 11.3 Å². The van der Waals surface area contributed by atoms with Gasteiger partial charge in [0, 0.05) is 33.3 Å². The number of nitro benzene ring substituents is 1.